The fourth-order valence-corrected chi connectivity index (χ4v) is 2.54. The number of thiol groups is 1. The Morgan fingerprint density at radius 1 is 1.61 bits per heavy atom. The molecule has 1 aliphatic heterocycles. The van der Waals surface area contributed by atoms with Crippen LogP contribution in [-0.4, -0.2) is 18.2 Å². The summed E-state index contributed by atoms with van der Waals surface area (Å²) in [6.45, 7) is 0.529. The molecule has 1 heterocycles. The number of anilines is 2. The molecule has 0 saturated carbocycles. The number of rotatable bonds is 2. The number of nitriles is 1. The summed E-state index contributed by atoms with van der Waals surface area (Å²) in [6, 6.07) is 5.19. The van der Waals surface area contributed by atoms with Crippen LogP contribution in [0.4, 0.5) is 11.4 Å². The van der Waals surface area contributed by atoms with E-state index in [0.717, 1.165) is 0 Å². The zero-order valence-corrected chi connectivity index (χ0v) is 11.2. The van der Waals surface area contributed by atoms with Crippen LogP contribution < -0.4 is 10.6 Å². The van der Waals surface area contributed by atoms with E-state index in [-0.39, 0.29) is 17.4 Å². The molecule has 1 aliphatic rings. The second-order valence-electron chi connectivity index (χ2n) is 4.23. The third-order valence-electron chi connectivity index (χ3n) is 3.00. The third kappa shape index (κ3) is 2.14. The van der Waals surface area contributed by atoms with Gasteiger partial charge in [-0.2, -0.15) is 17.9 Å². The Hall–Kier alpha value is -1.38. The first kappa shape index (κ1) is 13.1. The van der Waals surface area contributed by atoms with E-state index in [1.807, 2.05) is 6.07 Å². The first-order valence-electron chi connectivity index (χ1n) is 5.47. The average Bonchev–Trinajstić information content (AvgIpc) is 2.73. The van der Waals surface area contributed by atoms with Crippen LogP contribution in [0.15, 0.2) is 12.1 Å². The van der Waals surface area contributed by atoms with Gasteiger partial charge in [-0.3, -0.25) is 4.79 Å². The van der Waals surface area contributed by atoms with E-state index in [1.54, 1.807) is 17.0 Å². The zero-order chi connectivity index (χ0) is 13.3. The maximum atomic E-state index is 12.0. The van der Waals surface area contributed by atoms with Crippen molar-refractivity contribution in [2.75, 3.05) is 22.9 Å². The number of halogens is 1. The van der Waals surface area contributed by atoms with Crippen LogP contribution in [0.5, 0.6) is 0 Å². The molecule has 18 heavy (non-hydrogen) atoms. The minimum absolute atomic E-state index is 0.0421. The van der Waals surface area contributed by atoms with E-state index in [0.29, 0.717) is 35.1 Å². The Labute approximate surface area is 116 Å². The molecule has 1 aromatic carbocycles. The summed E-state index contributed by atoms with van der Waals surface area (Å²) in [6.07, 6.45) is 0.431. The number of nitrogen functional groups attached to an aromatic ring is 1. The van der Waals surface area contributed by atoms with Crippen molar-refractivity contribution in [3.8, 4) is 6.07 Å². The molecule has 1 aromatic rings. The SMILES string of the molecule is N#Cc1c(Cl)ccc(N)c1N1CC(CS)CC1=O. The number of amides is 1. The van der Waals surface area contributed by atoms with Gasteiger partial charge < -0.3 is 10.6 Å². The fraction of sp³-hybridized carbons (Fsp3) is 0.333. The first-order chi connectivity index (χ1) is 8.58. The van der Waals surface area contributed by atoms with Crippen molar-refractivity contribution in [2.45, 2.75) is 6.42 Å². The predicted molar refractivity (Wildman–Crippen MR) is 74.9 cm³/mol. The number of hydrogen-bond acceptors (Lipinski definition) is 4. The van der Waals surface area contributed by atoms with Crippen LogP contribution in [0, 0.1) is 17.2 Å². The van der Waals surface area contributed by atoms with E-state index in [9.17, 15) is 4.79 Å². The molecule has 1 saturated heterocycles. The number of carbonyl (C=O) groups excluding carboxylic acids is 1. The average molecular weight is 282 g/mol. The summed E-state index contributed by atoms with van der Waals surface area (Å²) in [5, 5.41) is 9.46. The second kappa shape index (κ2) is 5.09. The summed E-state index contributed by atoms with van der Waals surface area (Å²) >= 11 is 10.2. The van der Waals surface area contributed by atoms with E-state index in [4.69, 9.17) is 22.6 Å². The van der Waals surface area contributed by atoms with Crippen molar-refractivity contribution in [1.29, 1.82) is 5.26 Å². The van der Waals surface area contributed by atoms with E-state index < -0.39 is 0 Å². The predicted octanol–water partition coefficient (Wildman–Crippen LogP) is 2.08. The molecule has 94 valence electrons. The number of hydrogen-bond donors (Lipinski definition) is 2. The topological polar surface area (TPSA) is 70.1 Å². The Bertz CT molecular complexity index is 541. The summed E-state index contributed by atoms with van der Waals surface area (Å²) in [5.74, 6) is 0.773. The van der Waals surface area contributed by atoms with E-state index >= 15 is 0 Å². The normalized spacial score (nSPS) is 19.1. The van der Waals surface area contributed by atoms with Gasteiger partial charge in [0.25, 0.3) is 0 Å². The largest absolute Gasteiger partial charge is 0.397 e. The van der Waals surface area contributed by atoms with Crippen LogP contribution in [0.1, 0.15) is 12.0 Å². The van der Waals surface area contributed by atoms with Crippen LogP contribution in [0.2, 0.25) is 5.02 Å². The number of carbonyl (C=O) groups is 1. The minimum Gasteiger partial charge on any atom is -0.397 e. The van der Waals surface area contributed by atoms with Crippen molar-refractivity contribution < 1.29 is 4.79 Å². The molecule has 6 heteroatoms. The van der Waals surface area contributed by atoms with Crippen LogP contribution in [-0.2, 0) is 4.79 Å². The van der Waals surface area contributed by atoms with Gasteiger partial charge >= 0.3 is 0 Å². The van der Waals surface area contributed by atoms with Crippen molar-refractivity contribution in [3.63, 3.8) is 0 Å². The molecule has 1 unspecified atom stereocenters. The van der Waals surface area contributed by atoms with Crippen LogP contribution in [0.3, 0.4) is 0 Å². The lowest BCUT2D eigenvalue weighted by Crippen LogP contribution is -2.26. The zero-order valence-electron chi connectivity index (χ0n) is 9.56. The second-order valence-corrected chi connectivity index (χ2v) is 5.00. The molecular weight excluding hydrogens is 270 g/mol. The molecule has 1 amide bonds. The van der Waals surface area contributed by atoms with E-state index in [1.165, 1.54) is 0 Å². The van der Waals surface area contributed by atoms with Crippen molar-refractivity contribution in [1.82, 2.24) is 0 Å². The molecule has 0 aliphatic carbocycles. The summed E-state index contributed by atoms with van der Waals surface area (Å²) < 4.78 is 0. The number of nitrogens with zero attached hydrogens (tertiary/aromatic N) is 2. The summed E-state index contributed by atoms with van der Waals surface area (Å²) in [5.41, 5.74) is 6.95. The lowest BCUT2D eigenvalue weighted by Gasteiger charge is -2.20. The van der Waals surface area contributed by atoms with Gasteiger partial charge in [0.2, 0.25) is 5.91 Å². The van der Waals surface area contributed by atoms with Gasteiger partial charge in [0, 0.05) is 13.0 Å². The highest BCUT2D eigenvalue weighted by atomic mass is 35.5. The molecule has 0 bridgehead atoms. The molecule has 4 nitrogen and oxygen atoms in total. The Morgan fingerprint density at radius 2 is 2.33 bits per heavy atom. The van der Waals surface area contributed by atoms with Crippen molar-refractivity contribution in [2.24, 2.45) is 5.92 Å². The molecule has 1 fully saturated rings. The highest BCUT2D eigenvalue weighted by Crippen LogP contribution is 2.36. The minimum atomic E-state index is -0.0421. The van der Waals surface area contributed by atoms with Gasteiger partial charge in [-0.05, 0) is 23.8 Å². The van der Waals surface area contributed by atoms with Crippen LogP contribution >= 0.6 is 24.2 Å². The molecule has 0 radical (unpaired) electrons. The maximum Gasteiger partial charge on any atom is 0.227 e. The lowest BCUT2D eigenvalue weighted by atomic mass is 10.1. The van der Waals surface area contributed by atoms with Gasteiger partial charge in [0.05, 0.1) is 22.0 Å². The van der Waals surface area contributed by atoms with Gasteiger partial charge in [-0.15, -0.1) is 0 Å². The third-order valence-corrected chi connectivity index (χ3v) is 3.83. The quantitative estimate of drug-likeness (QED) is 0.644. The van der Waals surface area contributed by atoms with Gasteiger partial charge in [0.15, 0.2) is 0 Å². The number of nitrogens with two attached hydrogens (primary N) is 1. The van der Waals surface area contributed by atoms with E-state index in [2.05, 4.69) is 12.6 Å². The monoisotopic (exact) mass is 281 g/mol. The van der Waals surface area contributed by atoms with Crippen LogP contribution in [0.25, 0.3) is 0 Å². The fourth-order valence-electron chi connectivity index (χ4n) is 2.10. The van der Waals surface area contributed by atoms with Crippen molar-refractivity contribution >= 4 is 41.5 Å². The number of benzene rings is 1. The Morgan fingerprint density at radius 3 is 2.89 bits per heavy atom. The maximum absolute atomic E-state index is 12.0. The molecule has 0 aromatic heterocycles. The van der Waals surface area contributed by atoms with Gasteiger partial charge in [-0.1, -0.05) is 11.6 Å². The highest BCUT2D eigenvalue weighted by molar-refractivity contribution is 7.80. The molecule has 1 atom stereocenters. The summed E-state index contributed by atoms with van der Waals surface area (Å²) in [7, 11) is 0. The summed E-state index contributed by atoms with van der Waals surface area (Å²) in [4.78, 5) is 13.5. The highest BCUT2D eigenvalue weighted by Gasteiger charge is 2.32. The molecular formula is C12H12ClN3OS. The molecule has 2 N–H and O–H groups in total. The van der Waals surface area contributed by atoms with Gasteiger partial charge in [0.1, 0.15) is 6.07 Å². The molecule has 2 rings (SSSR count). The molecule has 0 spiro atoms. The van der Waals surface area contributed by atoms with Crippen molar-refractivity contribution in [3.05, 3.63) is 22.7 Å². The Kier molecular flexibility index (Phi) is 3.69. The standard InChI is InChI=1S/C12H12ClN3OS/c13-9-1-2-10(15)12(8(9)4-14)16-5-7(6-18)3-11(16)17/h1-2,7,18H,3,5-6,15H2. The first-order valence-corrected chi connectivity index (χ1v) is 6.48. The lowest BCUT2D eigenvalue weighted by molar-refractivity contribution is -0.117. The Balaban J connectivity index is 2.49. The van der Waals surface area contributed by atoms with Gasteiger partial charge in [-0.25, -0.2) is 0 Å². The smallest absolute Gasteiger partial charge is 0.227 e.